The molecule has 4 rings (SSSR count). The van der Waals surface area contributed by atoms with Crippen molar-refractivity contribution in [1.82, 2.24) is 0 Å². The van der Waals surface area contributed by atoms with Gasteiger partial charge in [-0.1, -0.05) is 36.4 Å². The Morgan fingerprint density at radius 2 is 1.90 bits per heavy atom. The summed E-state index contributed by atoms with van der Waals surface area (Å²) in [7, 11) is 0. The Hall–Kier alpha value is -1.93. The average molecular weight is 292 g/mol. The molecule has 1 nitrogen and oxygen atoms in total. The highest BCUT2D eigenvalue weighted by molar-refractivity contribution is 7.10. The first kappa shape index (κ1) is 12.8. The van der Waals surface area contributed by atoms with Crippen LogP contribution in [0.3, 0.4) is 0 Å². The van der Waals surface area contributed by atoms with Crippen LogP contribution in [0.15, 0.2) is 53.9 Å². The van der Waals surface area contributed by atoms with E-state index in [0.29, 0.717) is 0 Å². The summed E-state index contributed by atoms with van der Waals surface area (Å²) in [6.07, 6.45) is 3.24. The van der Waals surface area contributed by atoms with Crippen LogP contribution in [0, 0.1) is 0 Å². The number of carbonyl (C=O) groups is 1. The number of hydrogen-bond acceptors (Lipinski definition) is 2. The summed E-state index contributed by atoms with van der Waals surface area (Å²) in [6, 6.07) is 16.4. The Kier molecular flexibility index (Phi) is 3.12. The molecular weight excluding hydrogens is 276 g/mol. The highest BCUT2D eigenvalue weighted by Crippen LogP contribution is 2.37. The molecule has 1 aromatic heterocycles. The first-order valence-electron chi connectivity index (χ1n) is 7.42. The Morgan fingerprint density at radius 3 is 2.81 bits per heavy atom. The van der Waals surface area contributed by atoms with Gasteiger partial charge in [0.1, 0.15) is 0 Å². The number of carbonyl (C=O) groups excluding carboxylic acids is 1. The fourth-order valence-corrected chi connectivity index (χ4v) is 4.29. The lowest BCUT2D eigenvalue weighted by Gasteiger charge is -2.21. The summed E-state index contributed by atoms with van der Waals surface area (Å²) in [5.74, 6) is 0.335. The lowest BCUT2D eigenvalue weighted by atomic mass is 9.82. The molecule has 0 aliphatic heterocycles. The lowest BCUT2D eigenvalue weighted by molar-refractivity contribution is 0.0951. The Bertz CT molecular complexity index is 815. The van der Waals surface area contributed by atoms with Gasteiger partial charge in [-0.05, 0) is 53.1 Å². The van der Waals surface area contributed by atoms with Crippen molar-refractivity contribution in [1.29, 1.82) is 0 Å². The van der Waals surface area contributed by atoms with Gasteiger partial charge in [0, 0.05) is 16.4 Å². The van der Waals surface area contributed by atoms with Crippen LogP contribution in [0.25, 0.3) is 10.8 Å². The smallest absolute Gasteiger partial charge is 0.170 e. The molecule has 0 radical (unpaired) electrons. The maximum Gasteiger partial charge on any atom is 0.170 e. The van der Waals surface area contributed by atoms with E-state index < -0.39 is 0 Å². The third kappa shape index (κ3) is 2.20. The molecule has 2 heteroatoms. The normalized spacial score (nSPS) is 17.6. The van der Waals surface area contributed by atoms with Gasteiger partial charge in [-0.2, -0.15) is 0 Å². The van der Waals surface area contributed by atoms with E-state index in [9.17, 15) is 4.79 Å². The van der Waals surface area contributed by atoms with Gasteiger partial charge in [0.05, 0.1) is 0 Å². The second kappa shape index (κ2) is 5.12. The summed E-state index contributed by atoms with van der Waals surface area (Å²) in [4.78, 5) is 14.3. The van der Waals surface area contributed by atoms with E-state index in [1.165, 1.54) is 15.8 Å². The minimum absolute atomic E-state index is 0.0566. The van der Waals surface area contributed by atoms with Crippen LogP contribution >= 0.6 is 11.3 Å². The maximum absolute atomic E-state index is 12.9. The summed E-state index contributed by atoms with van der Waals surface area (Å²) in [5.41, 5.74) is 2.11. The molecule has 2 aromatic carbocycles. The summed E-state index contributed by atoms with van der Waals surface area (Å²) in [6.45, 7) is 0. The van der Waals surface area contributed by atoms with Gasteiger partial charge < -0.3 is 0 Å². The molecule has 1 unspecified atom stereocenters. The van der Waals surface area contributed by atoms with Crippen molar-refractivity contribution >= 4 is 27.9 Å². The molecule has 104 valence electrons. The van der Waals surface area contributed by atoms with Crippen molar-refractivity contribution < 1.29 is 4.79 Å². The number of hydrogen-bond donors (Lipinski definition) is 0. The third-order valence-corrected chi connectivity index (χ3v) is 5.40. The molecule has 3 aromatic rings. The molecule has 1 atom stereocenters. The van der Waals surface area contributed by atoms with Crippen molar-refractivity contribution in [3.8, 4) is 0 Å². The van der Waals surface area contributed by atoms with Gasteiger partial charge in [0.2, 0.25) is 0 Å². The van der Waals surface area contributed by atoms with E-state index in [1.54, 1.807) is 11.3 Å². The fraction of sp³-hybridized carbons (Fsp3) is 0.211. The first-order valence-corrected chi connectivity index (χ1v) is 8.30. The van der Waals surface area contributed by atoms with E-state index in [-0.39, 0.29) is 11.7 Å². The van der Waals surface area contributed by atoms with E-state index in [2.05, 4.69) is 29.6 Å². The SMILES string of the molecule is O=C(c1ccc2ccccc2c1)C1CCCc2sccc21. The van der Waals surface area contributed by atoms with Crippen LogP contribution in [-0.4, -0.2) is 5.78 Å². The summed E-state index contributed by atoms with van der Waals surface area (Å²) < 4.78 is 0. The van der Waals surface area contributed by atoms with E-state index >= 15 is 0 Å². The molecule has 0 spiro atoms. The number of ketones is 1. The largest absolute Gasteiger partial charge is 0.293 e. The highest BCUT2D eigenvalue weighted by atomic mass is 32.1. The second-order valence-corrected chi connectivity index (χ2v) is 6.67. The third-order valence-electron chi connectivity index (χ3n) is 4.40. The van der Waals surface area contributed by atoms with Crippen molar-refractivity contribution in [2.24, 2.45) is 0 Å². The van der Waals surface area contributed by atoms with Gasteiger partial charge in [-0.15, -0.1) is 11.3 Å². The van der Waals surface area contributed by atoms with Crippen molar-refractivity contribution in [2.75, 3.05) is 0 Å². The molecule has 0 N–H and O–H groups in total. The van der Waals surface area contributed by atoms with E-state index in [4.69, 9.17) is 0 Å². The van der Waals surface area contributed by atoms with E-state index in [1.807, 2.05) is 24.3 Å². The van der Waals surface area contributed by atoms with Crippen molar-refractivity contribution in [3.05, 3.63) is 69.9 Å². The number of fused-ring (bicyclic) bond motifs is 2. The van der Waals surface area contributed by atoms with Crippen molar-refractivity contribution in [2.45, 2.75) is 25.2 Å². The van der Waals surface area contributed by atoms with E-state index in [0.717, 1.165) is 30.2 Å². The molecule has 0 saturated heterocycles. The fourth-order valence-electron chi connectivity index (χ4n) is 3.30. The van der Waals surface area contributed by atoms with Gasteiger partial charge in [-0.25, -0.2) is 0 Å². The Labute approximate surface area is 128 Å². The minimum Gasteiger partial charge on any atom is -0.293 e. The van der Waals surface area contributed by atoms with Crippen LogP contribution < -0.4 is 0 Å². The topological polar surface area (TPSA) is 17.1 Å². The zero-order valence-electron chi connectivity index (χ0n) is 11.7. The minimum atomic E-state index is 0.0566. The quantitative estimate of drug-likeness (QED) is 0.593. The monoisotopic (exact) mass is 292 g/mol. The second-order valence-electron chi connectivity index (χ2n) is 5.67. The maximum atomic E-state index is 12.9. The molecule has 1 heterocycles. The number of Topliss-reactive ketones (excluding diaryl/α,β-unsaturated/α-hetero) is 1. The van der Waals surface area contributed by atoms with Gasteiger partial charge in [0.15, 0.2) is 5.78 Å². The molecule has 1 aliphatic rings. The van der Waals surface area contributed by atoms with Gasteiger partial charge in [-0.3, -0.25) is 4.79 Å². The number of rotatable bonds is 2. The zero-order chi connectivity index (χ0) is 14.2. The predicted molar refractivity (Wildman–Crippen MR) is 88.3 cm³/mol. The standard InChI is InChI=1S/C19H16OS/c20-19(17-6-3-7-18-16(17)10-11-21-18)15-9-8-13-4-1-2-5-14(13)12-15/h1-2,4-5,8-12,17H,3,6-7H2. The van der Waals surface area contributed by atoms with Gasteiger partial charge >= 0.3 is 0 Å². The zero-order valence-corrected chi connectivity index (χ0v) is 12.5. The number of benzene rings is 2. The van der Waals surface area contributed by atoms with Crippen LogP contribution in [0.4, 0.5) is 0 Å². The Balaban J connectivity index is 1.74. The molecular formula is C19H16OS. The molecule has 0 amide bonds. The average Bonchev–Trinajstić information content (AvgIpc) is 3.02. The molecule has 0 bridgehead atoms. The van der Waals surface area contributed by atoms with Crippen LogP contribution in [-0.2, 0) is 6.42 Å². The number of thiophene rings is 1. The highest BCUT2D eigenvalue weighted by Gasteiger charge is 2.28. The molecule has 1 aliphatic carbocycles. The Morgan fingerprint density at radius 1 is 1.05 bits per heavy atom. The van der Waals surface area contributed by atoms with Crippen LogP contribution in [0.2, 0.25) is 0 Å². The molecule has 21 heavy (non-hydrogen) atoms. The van der Waals surface area contributed by atoms with Crippen LogP contribution in [0.1, 0.15) is 39.6 Å². The summed E-state index contributed by atoms with van der Waals surface area (Å²) in [5, 5.41) is 4.45. The lowest BCUT2D eigenvalue weighted by Crippen LogP contribution is -2.17. The predicted octanol–water partition coefficient (Wildman–Crippen LogP) is 5.20. The molecule has 0 fully saturated rings. The first-order chi connectivity index (χ1) is 10.3. The number of aryl methyl sites for hydroxylation is 1. The van der Waals surface area contributed by atoms with Crippen LogP contribution in [0.5, 0.6) is 0 Å². The van der Waals surface area contributed by atoms with Crippen molar-refractivity contribution in [3.63, 3.8) is 0 Å². The van der Waals surface area contributed by atoms with Gasteiger partial charge in [0.25, 0.3) is 0 Å². The molecule has 0 saturated carbocycles. The summed E-state index contributed by atoms with van der Waals surface area (Å²) >= 11 is 1.79.